The van der Waals surface area contributed by atoms with Crippen molar-refractivity contribution in [2.24, 2.45) is 10.5 Å². The molecule has 0 spiro atoms. The molecular formula is C32H37FN4O2. The first-order chi connectivity index (χ1) is 18.6. The van der Waals surface area contributed by atoms with E-state index in [1.54, 1.807) is 12.1 Å². The molecule has 1 fully saturated rings. The number of allylic oxidation sites excluding steroid dienone is 3. The Balaban J connectivity index is 1.23. The third kappa shape index (κ3) is 4.67. The smallest absolute Gasteiger partial charge is 0.332 e. The maximum Gasteiger partial charge on any atom is 0.332 e. The molecule has 6 nitrogen and oxygen atoms in total. The highest BCUT2D eigenvalue weighted by atomic mass is 19.1. The van der Waals surface area contributed by atoms with Crippen LogP contribution in [0.4, 0.5) is 4.39 Å². The molecule has 5 aliphatic rings. The van der Waals surface area contributed by atoms with E-state index in [9.17, 15) is 14.3 Å². The summed E-state index contributed by atoms with van der Waals surface area (Å²) in [6.07, 6.45) is 13.0. The van der Waals surface area contributed by atoms with E-state index in [0.29, 0.717) is 11.6 Å². The number of carbonyl (C=O) groups is 1. The summed E-state index contributed by atoms with van der Waals surface area (Å²) >= 11 is 0. The number of carboxylic acids is 1. The topological polar surface area (TPSA) is 68.2 Å². The first-order valence-corrected chi connectivity index (χ1v) is 14.0. The average molecular weight is 529 g/mol. The molecule has 0 bridgehead atoms. The second-order valence-corrected chi connectivity index (χ2v) is 12.4. The highest BCUT2D eigenvalue weighted by Gasteiger charge is 2.33. The van der Waals surface area contributed by atoms with Crippen molar-refractivity contribution in [1.82, 2.24) is 15.2 Å². The predicted octanol–water partition coefficient (Wildman–Crippen LogP) is 5.70. The Labute approximate surface area is 229 Å². The zero-order valence-electron chi connectivity index (χ0n) is 23.3. The first kappa shape index (κ1) is 25.8. The number of halogens is 1. The Hall–Kier alpha value is -3.45. The van der Waals surface area contributed by atoms with Gasteiger partial charge in [-0.05, 0) is 72.4 Å². The Bertz CT molecular complexity index is 1430. The van der Waals surface area contributed by atoms with Gasteiger partial charge in [0.25, 0.3) is 0 Å². The van der Waals surface area contributed by atoms with E-state index < -0.39 is 5.97 Å². The number of fused-ring (bicyclic) bond motifs is 2. The number of rotatable bonds is 3. The molecule has 0 unspecified atom stereocenters. The van der Waals surface area contributed by atoms with Gasteiger partial charge in [0.05, 0.1) is 11.4 Å². The van der Waals surface area contributed by atoms with Crippen LogP contribution in [0.1, 0.15) is 69.6 Å². The van der Waals surface area contributed by atoms with E-state index in [-0.39, 0.29) is 11.2 Å². The predicted molar refractivity (Wildman–Crippen MR) is 153 cm³/mol. The van der Waals surface area contributed by atoms with Crippen molar-refractivity contribution in [3.63, 3.8) is 0 Å². The fourth-order valence-corrected chi connectivity index (χ4v) is 6.99. The van der Waals surface area contributed by atoms with Gasteiger partial charge < -0.3 is 10.0 Å². The highest BCUT2D eigenvalue weighted by molar-refractivity contribution is 6.20. The second kappa shape index (κ2) is 9.63. The van der Waals surface area contributed by atoms with Gasteiger partial charge in [-0.25, -0.2) is 9.18 Å². The molecule has 39 heavy (non-hydrogen) atoms. The summed E-state index contributed by atoms with van der Waals surface area (Å²) in [4.78, 5) is 16.7. The van der Waals surface area contributed by atoms with Gasteiger partial charge in [0, 0.05) is 61.2 Å². The SMILES string of the molecule is CN1C=C2C(=C(C3=CCN(C4CCC(=C(C(=O)O)C(C)(C)C)CC4)CC3)C1)NN=C1C=Cc3cc(F)cc2c31. The van der Waals surface area contributed by atoms with Crippen molar-refractivity contribution in [2.45, 2.75) is 58.9 Å². The number of hydrogen-bond donors (Lipinski definition) is 2. The zero-order valence-corrected chi connectivity index (χ0v) is 23.3. The van der Waals surface area contributed by atoms with Crippen molar-refractivity contribution in [3.8, 4) is 0 Å². The van der Waals surface area contributed by atoms with Crippen LogP contribution < -0.4 is 5.43 Å². The quantitative estimate of drug-likeness (QED) is 0.493. The highest BCUT2D eigenvalue weighted by Crippen LogP contribution is 2.41. The number of benzene rings is 1. The van der Waals surface area contributed by atoms with E-state index in [1.165, 1.54) is 11.1 Å². The fraction of sp³-hybridized carbons (Fsp3) is 0.438. The van der Waals surface area contributed by atoms with Crippen molar-refractivity contribution in [2.75, 3.05) is 26.7 Å². The molecule has 204 valence electrons. The molecule has 7 heteroatoms. The maximum atomic E-state index is 14.6. The minimum Gasteiger partial charge on any atom is -0.478 e. The molecule has 2 aliphatic carbocycles. The van der Waals surface area contributed by atoms with Gasteiger partial charge in [-0.3, -0.25) is 10.3 Å². The summed E-state index contributed by atoms with van der Waals surface area (Å²) in [5, 5.41) is 14.5. The number of aliphatic carboxylic acids is 1. The Kier molecular flexibility index (Phi) is 6.37. The number of nitrogens with one attached hydrogen (secondary N) is 1. The molecule has 0 saturated heterocycles. The van der Waals surface area contributed by atoms with Crippen LogP contribution in [0.15, 0.2) is 63.6 Å². The van der Waals surface area contributed by atoms with Gasteiger partial charge in [-0.2, -0.15) is 5.10 Å². The van der Waals surface area contributed by atoms with E-state index >= 15 is 0 Å². The monoisotopic (exact) mass is 528 g/mol. The van der Waals surface area contributed by atoms with Crippen molar-refractivity contribution < 1.29 is 14.3 Å². The summed E-state index contributed by atoms with van der Waals surface area (Å²) in [6, 6.07) is 3.69. The molecule has 0 aromatic heterocycles. The van der Waals surface area contributed by atoms with Crippen LogP contribution in [0, 0.1) is 11.2 Å². The molecule has 2 N–H and O–H groups in total. The lowest BCUT2D eigenvalue weighted by Crippen LogP contribution is -2.41. The van der Waals surface area contributed by atoms with Crippen LogP contribution >= 0.6 is 0 Å². The average Bonchev–Trinajstić information content (AvgIpc) is 3.22. The van der Waals surface area contributed by atoms with Crippen LogP contribution in [-0.4, -0.2) is 59.3 Å². The lowest BCUT2D eigenvalue weighted by molar-refractivity contribution is -0.133. The number of likely N-dealkylation sites (N-methyl/N-ethyl adjacent to an activating group) is 1. The molecule has 3 aliphatic heterocycles. The van der Waals surface area contributed by atoms with Gasteiger partial charge in [-0.15, -0.1) is 0 Å². The van der Waals surface area contributed by atoms with Crippen LogP contribution in [0.5, 0.6) is 0 Å². The molecule has 1 saturated carbocycles. The van der Waals surface area contributed by atoms with Crippen LogP contribution in [-0.2, 0) is 4.79 Å². The van der Waals surface area contributed by atoms with Gasteiger partial charge in [-0.1, -0.05) is 38.5 Å². The Morgan fingerprint density at radius 3 is 2.59 bits per heavy atom. The minimum absolute atomic E-state index is 0.234. The van der Waals surface area contributed by atoms with Gasteiger partial charge in [0.1, 0.15) is 5.82 Å². The standard InChI is InChI=1S/C32H37FN4O2/c1-32(2,3)29(31(38)39)20-5-8-23(9-6-20)37-13-11-19(12-14-37)25-17-36(4)18-26-24-16-22(33)15-21-7-10-27(28(21)24)34-35-30(25)26/h7,10-11,15-16,18,23,35H,5-6,8-9,12-14,17H2,1-4H3,(H,38,39). The maximum absolute atomic E-state index is 14.6. The molecule has 6 rings (SSSR count). The molecule has 1 aromatic rings. The van der Waals surface area contributed by atoms with Crippen molar-refractivity contribution >= 4 is 23.3 Å². The van der Waals surface area contributed by atoms with Gasteiger partial charge in [0.2, 0.25) is 0 Å². The molecule has 0 atom stereocenters. The third-order valence-corrected chi connectivity index (χ3v) is 8.74. The normalized spacial score (nSPS) is 22.9. The van der Waals surface area contributed by atoms with Gasteiger partial charge >= 0.3 is 5.97 Å². The number of hydrogen-bond acceptors (Lipinski definition) is 5. The van der Waals surface area contributed by atoms with Crippen LogP contribution in [0.3, 0.4) is 0 Å². The largest absolute Gasteiger partial charge is 0.478 e. The van der Waals surface area contributed by atoms with Crippen molar-refractivity contribution in [3.05, 3.63) is 81.0 Å². The third-order valence-electron chi connectivity index (χ3n) is 8.74. The summed E-state index contributed by atoms with van der Waals surface area (Å²) in [6.45, 7) is 8.63. The first-order valence-electron chi connectivity index (χ1n) is 14.0. The molecule has 0 radical (unpaired) electrons. The summed E-state index contributed by atoms with van der Waals surface area (Å²) in [7, 11) is 2.07. The van der Waals surface area contributed by atoms with Gasteiger partial charge in [0.15, 0.2) is 0 Å². The summed E-state index contributed by atoms with van der Waals surface area (Å²) < 4.78 is 14.6. The molecular weight excluding hydrogens is 491 g/mol. The Morgan fingerprint density at radius 1 is 1.15 bits per heavy atom. The second-order valence-electron chi connectivity index (χ2n) is 12.4. The van der Waals surface area contributed by atoms with E-state index in [4.69, 9.17) is 5.10 Å². The number of nitrogens with zero attached hydrogens (tertiary/aromatic N) is 3. The molecule has 0 amide bonds. The van der Waals surface area contributed by atoms with Crippen LogP contribution in [0.2, 0.25) is 0 Å². The fourth-order valence-electron chi connectivity index (χ4n) is 6.99. The Morgan fingerprint density at radius 2 is 1.92 bits per heavy atom. The molecule has 1 aromatic carbocycles. The minimum atomic E-state index is -0.769. The molecule has 3 heterocycles. The van der Waals surface area contributed by atoms with E-state index in [1.807, 2.05) is 32.9 Å². The zero-order chi connectivity index (χ0) is 27.5. The van der Waals surface area contributed by atoms with E-state index in [2.05, 4.69) is 34.5 Å². The lowest BCUT2D eigenvalue weighted by Gasteiger charge is -2.39. The van der Waals surface area contributed by atoms with E-state index in [0.717, 1.165) is 91.0 Å². The number of hydrazone groups is 1. The lowest BCUT2D eigenvalue weighted by atomic mass is 9.77. The summed E-state index contributed by atoms with van der Waals surface area (Å²) in [5.41, 5.74) is 12.9. The van der Waals surface area contributed by atoms with Crippen LogP contribution in [0.25, 0.3) is 11.6 Å². The number of carboxylic acid groups (broad SMARTS) is 1. The summed E-state index contributed by atoms with van der Waals surface area (Å²) in [5.74, 6) is -1.00. The van der Waals surface area contributed by atoms with Crippen molar-refractivity contribution in [1.29, 1.82) is 0 Å².